The summed E-state index contributed by atoms with van der Waals surface area (Å²) in [7, 11) is 0. The van der Waals surface area contributed by atoms with E-state index >= 15 is 0 Å². The summed E-state index contributed by atoms with van der Waals surface area (Å²) in [6.45, 7) is 4.42. The third-order valence-corrected chi connectivity index (χ3v) is 5.15. The van der Waals surface area contributed by atoms with E-state index in [0.29, 0.717) is 6.54 Å². The molecule has 0 unspecified atom stereocenters. The summed E-state index contributed by atoms with van der Waals surface area (Å²) in [5.41, 5.74) is 5.87. The van der Waals surface area contributed by atoms with Crippen molar-refractivity contribution in [3.8, 4) is 0 Å². The van der Waals surface area contributed by atoms with Gasteiger partial charge in [-0.2, -0.15) is 0 Å². The molecular formula is C22H21NO4. The number of benzene rings is 2. The van der Waals surface area contributed by atoms with Crippen molar-refractivity contribution in [1.82, 2.24) is 0 Å². The van der Waals surface area contributed by atoms with Crippen LogP contribution in [0.5, 0.6) is 0 Å². The zero-order valence-corrected chi connectivity index (χ0v) is 15.5. The van der Waals surface area contributed by atoms with Crippen LogP contribution in [-0.4, -0.2) is 25.0 Å². The Labute approximate surface area is 157 Å². The fourth-order valence-corrected chi connectivity index (χ4v) is 3.50. The number of hydrogen-bond donors (Lipinski definition) is 0. The van der Waals surface area contributed by atoms with Crippen LogP contribution in [0.4, 0.5) is 5.69 Å². The molecule has 5 nitrogen and oxygen atoms in total. The highest BCUT2D eigenvalue weighted by Gasteiger charge is 2.25. The van der Waals surface area contributed by atoms with Crippen LogP contribution >= 0.6 is 0 Å². The van der Waals surface area contributed by atoms with E-state index in [1.807, 2.05) is 50.2 Å². The molecule has 0 saturated carbocycles. The van der Waals surface area contributed by atoms with Crippen molar-refractivity contribution in [3.05, 3.63) is 64.9 Å². The number of fused-ring (bicyclic) bond motifs is 2. The summed E-state index contributed by atoms with van der Waals surface area (Å²) >= 11 is 0. The van der Waals surface area contributed by atoms with Crippen molar-refractivity contribution in [2.45, 2.75) is 26.7 Å². The van der Waals surface area contributed by atoms with E-state index in [4.69, 9.17) is 9.15 Å². The SMILES string of the molecule is Cc1cc2occ(CC(=O)OCC(=O)N3CCc4ccccc43)c2cc1C. The minimum absolute atomic E-state index is 0.0827. The Hall–Kier alpha value is -3.08. The van der Waals surface area contributed by atoms with E-state index < -0.39 is 5.97 Å². The monoisotopic (exact) mass is 363 g/mol. The highest BCUT2D eigenvalue weighted by atomic mass is 16.5. The topological polar surface area (TPSA) is 59.8 Å². The van der Waals surface area contributed by atoms with Gasteiger partial charge in [0.2, 0.25) is 0 Å². The van der Waals surface area contributed by atoms with Gasteiger partial charge in [-0.25, -0.2) is 0 Å². The van der Waals surface area contributed by atoms with Gasteiger partial charge in [-0.1, -0.05) is 18.2 Å². The van der Waals surface area contributed by atoms with Gasteiger partial charge in [0.15, 0.2) is 6.61 Å². The molecule has 0 spiro atoms. The van der Waals surface area contributed by atoms with E-state index in [2.05, 4.69) is 0 Å². The van der Waals surface area contributed by atoms with Gasteiger partial charge in [0.1, 0.15) is 5.58 Å². The fourth-order valence-electron chi connectivity index (χ4n) is 3.50. The van der Waals surface area contributed by atoms with Crippen LogP contribution in [0.2, 0.25) is 0 Å². The Morgan fingerprint density at radius 3 is 2.78 bits per heavy atom. The van der Waals surface area contributed by atoms with E-state index in [1.54, 1.807) is 11.2 Å². The standard InChI is InChI=1S/C22H21NO4/c1-14-9-18-17(12-26-20(18)10-15(14)2)11-22(25)27-13-21(24)23-8-7-16-5-3-4-6-19(16)23/h3-6,9-10,12H,7-8,11,13H2,1-2H3. The van der Waals surface area contributed by atoms with Gasteiger partial charge in [0.05, 0.1) is 12.7 Å². The number of amides is 1. The van der Waals surface area contributed by atoms with Gasteiger partial charge in [0.25, 0.3) is 5.91 Å². The lowest BCUT2D eigenvalue weighted by atomic mass is 10.0. The van der Waals surface area contributed by atoms with Crippen LogP contribution in [0.25, 0.3) is 11.0 Å². The van der Waals surface area contributed by atoms with E-state index in [-0.39, 0.29) is 18.9 Å². The number of esters is 1. The molecule has 5 heteroatoms. The number of hydrogen-bond acceptors (Lipinski definition) is 4. The normalized spacial score (nSPS) is 13.0. The maximum Gasteiger partial charge on any atom is 0.310 e. The summed E-state index contributed by atoms with van der Waals surface area (Å²) in [5.74, 6) is -0.631. The van der Waals surface area contributed by atoms with Crippen LogP contribution in [0.1, 0.15) is 22.3 Å². The minimum Gasteiger partial charge on any atom is -0.464 e. The summed E-state index contributed by atoms with van der Waals surface area (Å²) in [5, 5.41) is 0.912. The lowest BCUT2D eigenvalue weighted by molar-refractivity contribution is -0.147. The van der Waals surface area contributed by atoms with Crippen molar-refractivity contribution in [3.63, 3.8) is 0 Å². The van der Waals surface area contributed by atoms with Crippen molar-refractivity contribution in [1.29, 1.82) is 0 Å². The Balaban J connectivity index is 1.39. The number of furan rings is 1. The van der Waals surface area contributed by atoms with Crippen molar-refractivity contribution in [2.75, 3.05) is 18.1 Å². The molecule has 0 radical (unpaired) electrons. The van der Waals surface area contributed by atoms with Crippen LogP contribution < -0.4 is 4.90 Å². The maximum atomic E-state index is 12.4. The number of anilines is 1. The number of carbonyl (C=O) groups excluding carboxylic acids is 2. The lowest BCUT2D eigenvalue weighted by Gasteiger charge is -2.17. The molecule has 2 aromatic carbocycles. The average molecular weight is 363 g/mol. The third kappa shape index (κ3) is 3.33. The Morgan fingerprint density at radius 1 is 1.15 bits per heavy atom. The molecule has 1 amide bonds. The second-order valence-corrected chi connectivity index (χ2v) is 6.96. The second kappa shape index (κ2) is 6.91. The number of ether oxygens (including phenoxy) is 1. The molecule has 0 atom stereocenters. The van der Waals surface area contributed by atoms with Crippen LogP contribution in [0, 0.1) is 13.8 Å². The van der Waals surface area contributed by atoms with Gasteiger partial charge >= 0.3 is 5.97 Å². The van der Waals surface area contributed by atoms with E-state index in [0.717, 1.165) is 45.3 Å². The molecule has 0 aliphatic carbocycles. The Morgan fingerprint density at radius 2 is 1.93 bits per heavy atom. The first kappa shape index (κ1) is 17.3. The van der Waals surface area contributed by atoms with Crippen molar-refractivity contribution in [2.24, 2.45) is 0 Å². The Kier molecular flexibility index (Phi) is 4.44. The first-order valence-electron chi connectivity index (χ1n) is 9.04. The second-order valence-electron chi connectivity index (χ2n) is 6.96. The largest absolute Gasteiger partial charge is 0.464 e. The zero-order valence-electron chi connectivity index (χ0n) is 15.5. The fraction of sp³-hybridized carbons (Fsp3) is 0.273. The maximum absolute atomic E-state index is 12.4. The number of rotatable bonds is 4. The summed E-state index contributed by atoms with van der Waals surface area (Å²) in [6.07, 6.45) is 2.50. The number of para-hydroxylation sites is 1. The van der Waals surface area contributed by atoms with E-state index in [1.165, 1.54) is 0 Å². The predicted molar refractivity (Wildman–Crippen MR) is 103 cm³/mol. The molecule has 1 aliphatic rings. The quantitative estimate of drug-likeness (QED) is 0.663. The van der Waals surface area contributed by atoms with Gasteiger partial charge in [-0.3, -0.25) is 9.59 Å². The molecule has 3 aromatic rings. The van der Waals surface area contributed by atoms with Crippen molar-refractivity contribution < 1.29 is 18.7 Å². The minimum atomic E-state index is -0.434. The average Bonchev–Trinajstić information content (AvgIpc) is 3.25. The summed E-state index contributed by atoms with van der Waals surface area (Å²) in [6, 6.07) is 11.8. The highest BCUT2D eigenvalue weighted by molar-refractivity contribution is 5.97. The van der Waals surface area contributed by atoms with E-state index in [9.17, 15) is 9.59 Å². The zero-order chi connectivity index (χ0) is 19.0. The van der Waals surface area contributed by atoms with Crippen LogP contribution in [0.3, 0.4) is 0 Å². The predicted octanol–water partition coefficient (Wildman–Crippen LogP) is 3.72. The molecular weight excluding hydrogens is 342 g/mol. The molecule has 0 fully saturated rings. The van der Waals surface area contributed by atoms with Gasteiger partial charge < -0.3 is 14.1 Å². The van der Waals surface area contributed by atoms with Gasteiger partial charge in [-0.15, -0.1) is 0 Å². The number of nitrogens with zero attached hydrogens (tertiary/aromatic N) is 1. The molecule has 0 bridgehead atoms. The number of aryl methyl sites for hydroxylation is 2. The smallest absolute Gasteiger partial charge is 0.310 e. The third-order valence-electron chi connectivity index (χ3n) is 5.15. The molecule has 1 aliphatic heterocycles. The van der Waals surface area contributed by atoms with Gasteiger partial charge in [0, 0.05) is 23.2 Å². The first-order chi connectivity index (χ1) is 13.0. The first-order valence-corrected chi connectivity index (χ1v) is 9.04. The molecule has 1 aromatic heterocycles. The molecule has 2 heterocycles. The molecule has 138 valence electrons. The molecule has 0 saturated heterocycles. The summed E-state index contributed by atoms with van der Waals surface area (Å²) < 4.78 is 10.8. The Bertz CT molecular complexity index is 1030. The van der Waals surface area contributed by atoms with Crippen LogP contribution in [0.15, 0.2) is 47.1 Å². The summed E-state index contributed by atoms with van der Waals surface area (Å²) in [4.78, 5) is 26.4. The highest BCUT2D eigenvalue weighted by Crippen LogP contribution is 2.28. The molecule has 27 heavy (non-hydrogen) atoms. The van der Waals surface area contributed by atoms with Crippen LogP contribution in [-0.2, 0) is 27.2 Å². The number of carbonyl (C=O) groups is 2. The lowest BCUT2D eigenvalue weighted by Crippen LogP contribution is -2.33. The van der Waals surface area contributed by atoms with Gasteiger partial charge in [-0.05, 0) is 55.2 Å². The molecule has 0 N–H and O–H groups in total. The van der Waals surface area contributed by atoms with Crippen molar-refractivity contribution >= 4 is 28.5 Å². The molecule has 4 rings (SSSR count).